The lowest BCUT2D eigenvalue weighted by Crippen LogP contribution is -2.46. The molecule has 0 spiro atoms. The number of halogens is 2. The summed E-state index contributed by atoms with van der Waals surface area (Å²) in [6.07, 6.45) is 0.714. The average molecular weight is 425 g/mol. The fourth-order valence-corrected chi connectivity index (χ4v) is 3.98. The van der Waals surface area contributed by atoms with E-state index in [4.69, 9.17) is 17.3 Å². The van der Waals surface area contributed by atoms with Gasteiger partial charge in [0.25, 0.3) is 5.91 Å². The van der Waals surface area contributed by atoms with Gasteiger partial charge in [-0.2, -0.15) is 4.39 Å². The number of carbonyl (C=O) groups is 1. The molecule has 0 radical (unpaired) electrons. The zero-order valence-electron chi connectivity index (χ0n) is 16.7. The van der Waals surface area contributed by atoms with E-state index in [1.807, 2.05) is 31.1 Å². The number of nitrogens with two attached hydrogens (primary N) is 1. The highest BCUT2D eigenvalue weighted by molar-refractivity contribution is 6.30. The highest BCUT2D eigenvalue weighted by Gasteiger charge is 2.25. The molecule has 2 aromatic carbocycles. The summed E-state index contributed by atoms with van der Waals surface area (Å²) in [5, 5.41) is 3.61. The molecular formula is C23H22ClFN4O. The molecule has 4 rings (SSSR count). The van der Waals surface area contributed by atoms with Crippen LogP contribution in [0.3, 0.4) is 0 Å². The SMILES string of the molecule is CN(C)CC1Cc2cc(-c3cc(-c4ccc(Cl)cc4)c(F)nc3N)ccc2C(=O)N1. The van der Waals surface area contributed by atoms with Crippen LogP contribution in [-0.2, 0) is 6.42 Å². The molecule has 1 amide bonds. The van der Waals surface area contributed by atoms with Crippen molar-refractivity contribution >= 4 is 23.3 Å². The number of amides is 1. The molecule has 1 atom stereocenters. The molecular weight excluding hydrogens is 403 g/mol. The van der Waals surface area contributed by atoms with Crippen LogP contribution in [0.25, 0.3) is 22.3 Å². The van der Waals surface area contributed by atoms with Crippen molar-refractivity contribution in [1.29, 1.82) is 0 Å². The number of likely N-dealkylation sites (N-methyl/N-ethyl adjacent to an activating group) is 1. The predicted octanol–water partition coefficient (Wildman–Crippen LogP) is 4.01. The Morgan fingerprint density at radius 3 is 2.50 bits per heavy atom. The zero-order chi connectivity index (χ0) is 21.4. The summed E-state index contributed by atoms with van der Waals surface area (Å²) < 4.78 is 14.5. The van der Waals surface area contributed by atoms with Crippen molar-refractivity contribution in [2.24, 2.45) is 0 Å². The first-order valence-corrected chi connectivity index (χ1v) is 10.0. The van der Waals surface area contributed by atoms with Gasteiger partial charge in [0.2, 0.25) is 5.95 Å². The first-order chi connectivity index (χ1) is 14.3. The van der Waals surface area contributed by atoms with E-state index >= 15 is 0 Å². The molecule has 3 N–H and O–H groups in total. The quantitative estimate of drug-likeness (QED) is 0.621. The Morgan fingerprint density at radius 2 is 1.80 bits per heavy atom. The smallest absolute Gasteiger partial charge is 0.251 e. The van der Waals surface area contributed by atoms with Gasteiger partial charge in [0.05, 0.1) is 0 Å². The molecule has 0 fully saturated rings. The van der Waals surface area contributed by atoms with Crippen LogP contribution in [0.5, 0.6) is 0 Å². The van der Waals surface area contributed by atoms with Crippen molar-refractivity contribution in [1.82, 2.24) is 15.2 Å². The Hall–Kier alpha value is -2.96. The number of rotatable bonds is 4. The van der Waals surface area contributed by atoms with Gasteiger partial charge in [0, 0.05) is 34.3 Å². The Kier molecular flexibility index (Phi) is 5.45. The second kappa shape index (κ2) is 8.05. The number of hydrogen-bond donors (Lipinski definition) is 2. The van der Waals surface area contributed by atoms with Crippen LogP contribution >= 0.6 is 11.6 Å². The number of carbonyl (C=O) groups excluding carboxylic acids is 1. The van der Waals surface area contributed by atoms with Crippen LogP contribution in [0.2, 0.25) is 5.02 Å². The van der Waals surface area contributed by atoms with Gasteiger partial charge >= 0.3 is 0 Å². The van der Waals surface area contributed by atoms with Crippen molar-refractivity contribution in [2.45, 2.75) is 12.5 Å². The molecule has 154 valence electrons. The molecule has 2 heterocycles. The maximum atomic E-state index is 14.5. The van der Waals surface area contributed by atoms with Crippen LogP contribution in [-0.4, -0.2) is 42.5 Å². The number of anilines is 1. The minimum atomic E-state index is -0.637. The normalized spacial score (nSPS) is 15.8. The van der Waals surface area contributed by atoms with Crippen molar-refractivity contribution in [2.75, 3.05) is 26.4 Å². The molecule has 0 aliphatic carbocycles. The molecule has 1 aliphatic heterocycles. The van der Waals surface area contributed by atoms with E-state index in [-0.39, 0.29) is 17.8 Å². The zero-order valence-corrected chi connectivity index (χ0v) is 17.5. The molecule has 1 unspecified atom stereocenters. The third-order valence-electron chi connectivity index (χ3n) is 5.21. The Bertz CT molecular complexity index is 1110. The number of fused-ring (bicyclic) bond motifs is 1. The fraction of sp³-hybridized carbons (Fsp3) is 0.217. The van der Waals surface area contributed by atoms with Gasteiger partial charge in [-0.05, 0) is 61.5 Å². The van der Waals surface area contributed by atoms with Gasteiger partial charge in [-0.1, -0.05) is 35.9 Å². The standard InChI is InChI=1S/C23H22ClFN4O/c1-29(2)12-17-10-15-9-14(5-8-18(15)23(30)27-17)20-11-19(21(25)28-22(20)26)13-3-6-16(24)7-4-13/h3-9,11,17H,10,12H2,1-2H3,(H2,26,28)(H,27,30). The third kappa shape index (κ3) is 4.01. The summed E-state index contributed by atoms with van der Waals surface area (Å²) in [5.41, 5.74) is 10.1. The second-order valence-corrected chi connectivity index (χ2v) is 8.21. The van der Waals surface area contributed by atoms with Crippen molar-refractivity contribution in [3.63, 3.8) is 0 Å². The van der Waals surface area contributed by atoms with E-state index in [0.717, 1.165) is 17.7 Å². The van der Waals surface area contributed by atoms with E-state index < -0.39 is 5.95 Å². The highest BCUT2D eigenvalue weighted by Crippen LogP contribution is 2.33. The molecule has 0 saturated heterocycles. The number of nitrogen functional groups attached to an aromatic ring is 1. The fourth-order valence-electron chi connectivity index (χ4n) is 3.85. The van der Waals surface area contributed by atoms with Crippen molar-refractivity contribution in [3.05, 3.63) is 70.6 Å². The summed E-state index contributed by atoms with van der Waals surface area (Å²) in [7, 11) is 3.95. The van der Waals surface area contributed by atoms with E-state index in [2.05, 4.69) is 10.3 Å². The second-order valence-electron chi connectivity index (χ2n) is 7.78. The minimum Gasteiger partial charge on any atom is -0.383 e. The molecule has 1 aromatic heterocycles. The van der Waals surface area contributed by atoms with Crippen LogP contribution in [0.4, 0.5) is 10.2 Å². The van der Waals surface area contributed by atoms with E-state index in [1.54, 1.807) is 36.4 Å². The summed E-state index contributed by atoms with van der Waals surface area (Å²) in [6.45, 7) is 0.746. The van der Waals surface area contributed by atoms with Crippen molar-refractivity contribution in [3.8, 4) is 22.3 Å². The minimum absolute atomic E-state index is 0.0311. The van der Waals surface area contributed by atoms with Gasteiger partial charge in [-0.3, -0.25) is 4.79 Å². The molecule has 30 heavy (non-hydrogen) atoms. The van der Waals surface area contributed by atoms with Crippen molar-refractivity contribution < 1.29 is 9.18 Å². The number of nitrogens with one attached hydrogen (secondary N) is 1. The van der Waals surface area contributed by atoms with Gasteiger partial charge in [0.1, 0.15) is 5.82 Å². The molecule has 1 aliphatic rings. The number of pyridine rings is 1. The summed E-state index contributed by atoms with van der Waals surface area (Å²) in [6, 6.07) is 14.2. The topological polar surface area (TPSA) is 71.2 Å². The Balaban J connectivity index is 1.75. The maximum Gasteiger partial charge on any atom is 0.251 e. The number of nitrogens with zero attached hydrogens (tertiary/aromatic N) is 2. The largest absolute Gasteiger partial charge is 0.383 e. The van der Waals surface area contributed by atoms with Crippen LogP contribution in [0.1, 0.15) is 15.9 Å². The Morgan fingerprint density at radius 1 is 1.10 bits per heavy atom. The Labute approximate surface area is 179 Å². The monoisotopic (exact) mass is 424 g/mol. The van der Waals surface area contributed by atoms with Gasteiger partial charge in [-0.15, -0.1) is 0 Å². The summed E-state index contributed by atoms with van der Waals surface area (Å²) >= 11 is 5.95. The molecule has 5 nitrogen and oxygen atoms in total. The number of hydrogen-bond acceptors (Lipinski definition) is 4. The van der Waals surface area contributed by atoms with Crippen LogP contribution in [0, 0.1) is 5.95 Å². The lowest BCUT2D eigenvalue weighted by Gasteiger charge is -2.28. The van der Waals surface area contributed by atoms with E-state index in [0.29, 0.717) is 33.7 Å². The summed E-state index contributed by atoms with van der Waals surface area (Å²) in [4.78, 5) is 18.4. The van der Waals surface area contributed by atoms with E-state index in [9.17, 15) is 9.18 Å². The van der Waals surface area contributed by atoms with E-state index in [1.165, 1.54) is 0 Å². The predicted molar refractivity (Wildman–Crippen MR) is 118 cm³/mol. The lowest BCUT2D eigenvalue weighted by atomic mass is 9.91. The first kappa shape index (κ1) is 20.3. The van der Waals surface area contributed by atoms with Crippen LogP contribution in [0.15, 0.2) is 48.5 Å². The third-order valence-corrected chi connectivity index (χ3v) is 5.46. The highest BCUT2D eigenvalue weighted by atomic mass is 35.5. The summed E-state index contributed by atoms with van der Waals surface area (Å²) in [5.74, 6) is -0.612. The molecule has 7 heteroatoms. The van der Waals surface area contributed by atoms with Gasteiger partial charge < -0.3 is 16.0 Å². The molecule has 3 aromatic rings. The molecule has 0 bridgehead atoms. The number of aromatic nitrogens is 1. The number of benzene rings is 2. The van der Waals surface area contributed by atoms with Gasteiger partial charge in [-0.25, -0.2) is 4.98 Å². The molecule has 0 saturated carbocycles. The maximum absolute atomic E-state index is 14.5. The lowest BCUT2D eigenvalue weighted by molar-refractivity contribution is 0.0917. The average Bonchev–Trinajstić information content (AvgIpc) is 2.68. The van der Waals surface area contributed by atoms with Crippen LogP contribution < -0.4 is 11.1 Å². The first-order valence-electron chi connectivity index (χ1n) is 9.62. The van der Waals surface area contributed by atoms with Gasteiger partial charge in [0.15, 0.2) is 0 Å².